The Morgan fingerprint density at radius 2 is 2.39 bits per heavy atom. The number of aliphatic hydroxyl groups excluding tert-OH is 2. The molecule has 2 heterocycles. The number of aromatic nitrogens is 2. The number of aromatic amines is 1. The summed E-state index contributed by atoms with van der Waals surface area (Å²) >= 11 is 5.02. The summed E-state index contributed by atoms with van der Waals surface area (Å²) in [5, 5.41) is 19.0. The largest absolute Gasteiger partial charge is 0.394 e. The lowest BCUT2D eigenvalue weighted by molar-refractivity contribution is -0.0616. The molecule has 0 unspecified atom stereocenters. The molecule has 0 spiro atoms. The van der Waals surface area contributed by atoms with Crippen molar-refractivity contribution in [1.29, 1.82) is 0 Å². The monoisotopic (exact) mass is 274 g/mol. The number of hydrogen-bond acceptors (Lipinski definition) is 6. The zero-order valence-corrected chi connectivity index (χ0v) is 10.5. The third kappa shape index (κ3) is 2.25. The maximum Gasteiger partial charge on any atom is 0.251 e. The van der Waals surface area contributed by atoms with Crippen LogP contribution in [-0.4, -0.2) is 51.8 Å². The van der Waals surface area contributed by atoms with E-state index in [-0.39, 0.29) is 16.9 Å². The van der Waals surface area contributed by atoms with Gasteiger partial charge in [0.1, 0.15) is 18.3 Å². The number of rotatable bonds is 3. The predicted octanol–water partition coefficient (Wildman–Crippen LogP) is -0.829. The van der Waals surface area contributed by atoms with Crippen LogP contribution in [0.1, 0.15) is 6.23 Å². The van der Waals surface area contributed by atoms with Crippen LogP contribution in [0, 0.1) is 4.77 Å². The van der Waals surface area contributed by atoms with Crippen LogP contribution in [0.4, 0.5) is 0 Å². The van der Waals surface area contributed by atoms with Crippen molar-refractivity contribution in [3.05, 3.63) is 27.4 Å². The molecule has 8 heteroatoms. The Morgan fingerprint density at radius 1 is 1.67 bits per heavy atom. The van der Waals surface area contributed by atoms with E-state index in [1.165, 1.54) is 23.9 Å². The first-order valence-corrected chi connectivity index (χ1v) is 5.78. The summed E-state index contributed by atoms with van der Waals surface area (Å²) in [7, 11) is 1.43. The summed E-state index contributed by atoms with van der Waals surface area (Å²) in [5.41, 5.74) is -0.317. The van der Waals surface area contributed by atoms with Crippen molar-refractivity contribution in [3.8, 4) is 0 Å². The van der Waals surface area contributed by atoms with E-state index in [9.17, 15) is 9.90 Å². The van der Waals surface area contributed by atoms with Crippen molar-refractivity contribution >= 4 is 12.2 Å². The number of aliphatic hydroxyl groups is 2. The Bertz CT molecular complexity index is 527. The van der Waals surface area contributed by atoms with Crippen LogP contribution in [0.3, 0.4) is 0 Å². The smallest absolute Gasteiger partial charge is 0.251 e. The molecule has 4 atom stereocenters. The summed E-state index contributed by atoms with van der Waals surface area (Å²) in [6.45, 7) is -0.325. The second-order valence-corrected chi connectivity index (χ2v) is 4.34. The Morgan fingerprint density at radius 3 is 2.94 bits per heavy atom. The molecular weight excluding hydrogens is 260 g/mol. The zero-order valence-electron chi connectivity index (χ0n) is 9.65. The van der Waals surface area contributed by atoms with Crippen LogP contribution in [0.2, 0.25) is 0 Å². The van der Waals surface area contributed by atoms with Crippen LogP contribution in [-0.2, 0) is 9.47 Å². The molecule has 0 bridgehead atoms. The molecule has 1 saturated heterocycles. The fraction of sp³-hybridized carbons (Fsp3) is 0.600. The number of nitrogens with one attached hydrogen (secondary N) is 1. The lowest BCUT2D eigenvalue weighted by Crippen LogP contribution is -2.35. The minimum Gasteiger partial charge on any atom is -0.394 e. The first-order chi connectivity index (χ1) is 8.58. The highest BCUT2D eigenvalue weighted by atomic mass is 32.1. The maximum atomic E-state index is 11.1. The van der Waals surface area contributed by atoms with Gasteiger partial charge in [0.15, 0.2) is 11.0 Å². The summed E-state index contributed by atoms with van der Waals surface area (Å²) in [6.07, 6.45) is -1.59. The number of methoxy groups -OCH3 is 1. The van der Waals surface area contributed by atoms with E-state index < -0.39 is 24.5 Å². The van der Waals surface area contributed by atoms with Gasteiger partial charge in [-0.3, -0.25) is 14.3 Å². The molecule has 1 aliphatic heterocycles. The molecule has 100 valence electrons. The van der Waals surface area contributed by atoms with Gasteiger partial charge in [0, 0.05) is 19.4 Å². The Hall–Kier alpha value is -1.06. The standard InChI is InChI=1S/C10H14N2O5S/c1-16-8-7(15)5(4-13)17-9(8)12-3-2-6(14)11-10(12)18/h2-3,5,7-9,13,15H,4H2,1H3,(H,11,14,18)/t5-,7-,8-,9-/m1/s1. The molecule has 0 aromatic carbocycles. The van der Waals surface area contributed by atoms with Crippen LogP contribution in [0.5, 0.6) is 0 Å². The van der Waals surface area contributed by atoms with Gasteiger partial charge >= 0.3 is 0 Å². The van der Waals surface area contributed by atoms with E-state index in [1.807, 2.05) is 0 Å². The third-order valence-electron chi connectivity index (χ3n) is 2.89. The first-order valence-electron chi connectivity index (χ1n) is 5.37. The Kier molecular flexibility index (Phi) is 3.93. The van der Waals surface area contributed by atoms with E-state index >= 15 is 0 Å². The fourth-order valence-corrected chi connectivity index (χ4v) is 2.24. The van der Waals surface area contributed by atoms with Crippen LogP contribution in [0.25, 0.3) is 0 Å². The zero-order chi connectivity index (χ0) is 13.3. The average Bonchev–Trinajstić information content (AvgIpc) is 2.65. The molecule has 18 heavy (non-hydrogen) atoms. The minimum atomic E-state index is -0.959. The van der Waals surface area contributed by atoms with Crippen LogP contribution >= 0.6 is 12.2 Å². The maximum absolute atomic E-state index is 11.1. The first kappa shape index (κ1) is 13.4. The van der Waals surface area contributed by atoms with Gasteiger partial charge in [0.2, 0.25) is 0 Å². The highest BCUT2D eigenvalue weighted by molar-refractivity contribution is 7.71. The van der Waals surface area contributed by atoms with Gasteiger partial charge in [-0.1, -0.05) is 0 Å². The molecule has 2 rings (SSSR count). The van der Waals surface area contributed by atoms with E-state index in [2.05, 4.69) is 4.98 Å². The van der Waals surface area contributed by atoms with E-state index in [0.717, 1.165) is 0 Å². The van der Waals surface area contributed by atoms with Crippen molar-refractivity contribution in [2.75, 3.05) is 13.7 Å². The quantitative estimate of drug-likeness (QED) is 0.623. The van der Waals surface area contributed by atoms with Gasteiger partial charge in [-0.05, 0) is 12.2 Å². The topological polar surface area (TPSA) is 96.7 Å². The molecule has 7 nitrogen and oxygen atoms in total. The molecule has 1 fully saturated rings. The highest BCUT2D eigenvalue weighted by Crippen LogP contribution is 2.30. The molecule has 0 radical (unpaired) electrons. The van der Waals surface area contributed by atoms with Crippen LogP contribution < -0.4 is 5.56 Å². The van der Waals surface area contributed by atoms with Crippen molar-refractivity contribution in [1.82, 2.24) is 9.55 Å². The molecule has 3 N–H and O–H groups in total. The summed E-state index contributed by atoms with van der Waals surface area (Å²) in [5.74, 6) is 0. The molecule has 1 aromatic rings. The van der Waals surface area contributed by atoms with Crippen molar-refractivity contribution in [3.63, 3.8) is 0 Å². The summed E-state index contributed by atoms with van der Waals surface area (Å²) < 4.78 is 12.3. The number of H-pyrrole nitrogens is 1. The molecule has 0 saturated carbocycles. The number of ether oxygens (including phenoxy) is 2. The van der Waals surface area contributed by atoms with E-state index in [4.69, 9.17) is 26.8 Å². The normalized spacial score (nSPS) is 31.7. The second-order valence-electron chi connectivity index (χ2n) is 3.96. The SMILES string of the molecule is CO[C@@H]1[C@H](O)[C@@H](CO)O[C@H]1n1ccc(=O)[nH]c1=S. The summed E-state index contributed by atoms with van der Waals surface area (Å²) in [4.78, 5) is 13.5. The predicted molar refractivity (Wildman–Crippen MR) is 63.7 cm³/mol. The number of nitrogens with zero attached hydrogens (tertiary/aromatic N) is 1. The van der Waals surface area contributed by atoms with Gasteiger partial charge in [-0.2, -0.15) is 0 Å². The summed E-state index contributed by atoms with van der Waals surface area (Å²) in [6, 6.07) is 1.30. The van der Waals surface area contributed by atoms with Crippen LogP contribution in [0.15, 0.2) is 17.1 Å². The van der Waals surface area contributed by atoms with Crippen molar-refractivity contribution in [2.24, 2.45) is 0 Å². The minimum absolute atomic E-state index is 0.167. The van der Waals surface area contributed by atoms with Gasteiger partial charge < -0.3 is 19.7 Å². The van der Waals surface area contributed by atoms with E-state index in [1.54, 1.807) is 0 Å². The van der Waals surface area contributed by atoms with Gasteiger partial charge in [0.25, 0.3) is 5.56 Å². The van der Waals surface area contributed by atoms with Crippen molar-refractivity contribution < 1.29 is 19.7 Å². The lowest BCUT2D eigenvalue weighted by Gasteiger charge is -2.20. The Labute approximate surface area is 108 Å². The highest BCUT2D eigenvalue weighted by Gasteiger charge is 2.44. The lowest BCUT2D eigenvalue weighted by atomic mass is 10.1. The molecule has 1 aromatic heterocycles. The number of hydrogen-bond donors (Lipinski definition) is 3. The molecule has 0 aliphatic carbocycles. The second kappa shape index (κ2) is 5.29. The average molecular weight is 274 g/mol. The molecular formula is C10H14N2O5S. The third-order valence-corrected chi connectivity index (χ3v) is 3.20. The van der Waals surface area contributed by atoms with Crippen molar-refractivity contribution in [2.45, 2.75) is 24.5 Å². The molecule has 0 amide bonds. The van der Waals surface area contributed by atoms with E-state index in [0.29, 0.717) is 0 Å². The van der Waals surface area contributed by atoms with Gasteiger partial charge in [-0.15, -0.1) is 0 Å². The molecule has 1 aliphatic rings. The Balaban J connectivity index is 2.38. The van der Waals surface area contributed by atoms with Gasteiger partial charge in [-0.25, -0.2) is 0 Å². The van der Waals surface area contributed by atoms with Gasteiger partial charge in [0.05, 0.1) is 6.61 Å². The fourth-order valence-electron chi connectivity index (χ4n) is 1.98.